The first kappa shape index (κ1) is 17.2. The second kappa shape index (κ2) is 7.39. The molecule has 0 saturated carbocycles. The third-order valence-electron chi connectivity index (χ3n) is 4.08. The number of alkyl halides is 2. The Hall–Kier alpha value is -2.18. The van der Waals surface area contributed by atoms with Crippen LogP contribution >= 0.6 is 0 Å². The average Bonchev–Trinajstić information content (AvgIpc) is 2.48. The fourth-order valence-electron chi connectivity index (χ4n) is 2.78. The Kier molecular flexibility index (Phi) is 5.52. The van der Waals surface area contributed by atoms with Gasteiger partial charge in [-0.15, -0.1) is 0 Å². The molecule has 1 aromatic rings. The Bertz CT molecular complexity index is 579. The number of ether oxygens (including phenoxy) is 1. The number of para-hydroxylation sites is 1. The van der Waals surface area contributed by atoms with Crippen LogP contribution in [0.4, 0.5) is 8.78 Å². The number of carbonyl (C=O) groups excluding carboxylic acids is 1. The first-order valence-electron chi connectivity index (χ1n) is 7.43. The third-order valence-corrected chi connectivity index (χ3v) is 4.08. The highest BCUT2D eigenvalue weighted by molar-refractivity contribution is 5.81. The van der Waals surface area contributed by atoms with Crippen LogP contribution in [-0.4, -0.2) is 41.1 Å². The van der Waals surface area contributed by atoms with Crippen LogP contribution in [0.15, 0.2) is 24.3 Å². The maximum absolute atomic E-state index is 12.5. The van der Waals surface area contributed by atoms with E-state index in [1.165, 1.54) is 11.0 Å². The largest absolute Gasteiger partial charge is 0.481 e. The maximum Gasteiger partial charge on any atom is 0.387 e. The summed E-state index contributed by atoms with van der Waals surface area (Å²) in [4.78, 5) is 25.1. The number of hydrogen-bond donors (Lipinski definition) is 1. The first-order chi connectivity index (χ1) is 10.9. The molecule has 0 aliphatic carbocycles. The second-order valence-electron chi connectivity index (χ2n) is 5.67. The summed E-state index contributed by atoms with van der Waals surface area (Å²) < 4.78 is 29.2. The van der Waals surface area contributed by atoms with Crippen LogP contribution in [-0.2, 0) is 16.0 Å². The molecule has 2 rings (SSSR count). The van der Waals surface area contributed by atoms with Gasteiger partial charge >= 0.3 is 12.6 Å². The lowest BCUT2D eigenvalue weighted by molar-refractivity contribution is -0.147. The van der Waals surface area contributed by atoms with Crippen molar-refractivity contribution < 1.29 is 28.2 Å². The van der Waals surface area contributed by atoms with Gasteiger partial charge in [0.2, 0.25) is 5.91 Å². The molecule has 1 fully saturated rings. The summed E-state index contributed by atoms with van der Waals surface area (Å²) in [5, 5.41) is 9.12. The standard InChI is InChI=1S/C16H19F2NO4/c1-10-6-7-12(15(21)22)9-19(10)14(20)8-11-4-2-3-5-13(11)23-16(17)18/h2-5,10,12,16H,6-9H2,1H3,(H,21,22). The summed E-state index contributed by atoms with van der Waals surface area (Å²) in [6.45, 7) is -0.957. The van der Waals surface area contributed by atoms with E-state index in [0.29, 0.717) is 18.4 Å². The quantitative estimate of drug-likeness (QED) is 0.902. The topological polar surface area (TPSA) is 66.8 Å². The van der Waals surface area contributed by atoms with Gasteiger partial charge in [0.05, 0.1) is 12.3 Å². The van der Waals surface area contributed by atoms with Crippen molar-refractivity contribution in [3.63, 3.8) is 0 Å². The smallest absolute Gasteiger partial charge is 0.387 e. The van der Waals surface area contributed by atoms with Gasteiger partial charge in [0.1, 0.15) is 5.75 Å². The third kappa shape index (κ3) is 4.40. The van der Waals surface area contributed by atoms with Crippen molar-refractivity contribution in [1.29, 1.82) is 0 Å². The van der Waals surface area contributed by atoms with E-state index in [-0.39, 0.29) is 30.7 Å². The number of carboxylic acids is 1. The van der Waals surface area contributed by atoms with E-state index in [2.05, 4.69) is 4.74 Å². The number of rotatable bonds is 5. The SMILES string of the molecule is CC1CCC(C(=O)O)CN1C(=O)Cc1ccccc1OC(F)F. The van der Waals surface area contributed by atoms with E-state index in [9.17, 15) is 18.4 Å². The minimum absolute atomic E-state index is 0.0321. The van der Waals surface area contributed by atoms with E-state index in [4.69, 9.17) is 5.11 Å². The van der Waals surface area contributed by atoms with E-state index in [1.54, 1.807) is 18.2 Å². The molecular formula is C16H19F2NO4. The molecule has 23 heavy (non-hydrogen) atoms. The zero-order chi connectivity index (χ0) is 17.0. The van der Waals surface area contributed by atoms with Gasteiger partial charge in [0.15, 0.2) is 0 Å². The zero-order valence-corrected chi connectivity index (χ0v) is 12.7. The Morgan fingerprint density at radius 2 is 2.04 bits per heavy atom. The molecule has 0 spiro atoms. The molecule has 1 amide bonds. The average molecular weight is 327 g/mol. The van der Waals surface area contributed by atoms with Crippen LogP contribution in [0.5, 0.6) is 5.75 Å². The maximum atomic E-state index is 12.5. The highest BCUT2D eigenvalue weighted by Gasteiger charge is 2.32. The zero-order valence-electron chi connectivity index (χ0n) is 12.7. The number of piperidine rings is 1. The van der Waals surface area contributed by atoms with Gasteiger partial charge in [0, 0.05) is 18.2 Å². The summed E-state index contributed by atoms with van der Waals surface area (Å²) in [5.41, 5.74) is 0.363. The highest BCUT2D eigenvalue weighted by Crippen LogP contribution is 2.25. The van der Waals surface area contributed by atoms with Crippen LogP contribution in [0.2, 0.25) is 0 Å². The summed E-state index contributed by atoms with van der Waals surface area (Å²) in [6, 6.07) is 6.06. The fourth-order valence-corrected chi connectivity index (χ4v) is 2.78. The van der Waals surface area contributed by atoms with Gasteiger partial charge in [-0.1, -0.05) is 18.2 Å². The van der Waals surface area contributed by atoms with Gasteiger partial charge in [-0.3, -0.25) is 9.59 Å². The van der Waals surface area contributed by atoms with Gasteiger partial charge in [-0.25, -0.2) is 0 Å². The van der Waals surface area contributed by atoms with Crippen molar-refractivity contribution in [2.45, 2.75) is 38.8 Å². The van der Waals surface area contributed by atoms with E-state index in [0.717, 1.165) is 0 Å². The lowest BCUT2D eigenvalue weighted by Crippen LogP contribution is -2.47. The van der Waals surface area contributed by atoms with Crippen LogP contribution in [0.3, 0.4) is 0 Å². The summed E-state index contributed by atoms with van der Waals surface area (Å²) in [5.74, 6) is -1.82. The lowest BCUT2D eigenvalue weighted by Gasteiger charge is -2.36. The van der Waals surface area contributed by atoms with Crippen molar-refractivity contribution in [3.05, 3.63) is 29.8 Å². The number of amides is 1. The second-order valence-corrected chi connectivity index (χ2v) is 5.67. The van der Waals surface area contributed by atoms with Gasteiger partial charge < -0.3 is 14.7 Å². The van der Waals surface area contributed by atoms with Crippen molar-refractivity contribution in [2.75, 3.05) is 6.54 Å². The number of nitrogens with zero attached hydrogens (tertiary/aromatic N) is 1. The molecular weight excluding hydrogens is 308 g/mol. The number of carbonyl (C=O) groups is 2. The van der Waals surface area contributed by atoms with Crippen LogP contribution in [0.25, 0.3) is 0 Å². The van der Waals surface area contributed by atoms with Crippen LogP contribution in [0, 0.1) is 5.92 Å². The monoisotopic (exact) mass is 327 g/mol. The van der Waals surface area contributed by atoms with Gasteiger partial charge in [0.25, 0.3) is 0 Å². The molecule has 7 heteroatoms. The summed E-state index contributed by atoms with van der Waals surface area (Å²) in [6.07, 6.45) is 1.04. The van der Waals surface area contributed by atoms with Crippen molar-refractivity contribution >= 4 is 11.9 Å². The number of carboxylic acid groups (broad SMARTS) is 1. The van der Waals surface area contributed by atoms with Crippen LogP contribution < -0.4 is 4.74 Å². The molecule has 1 saturated heterocycles. The van der Waals surface area contributed by atoms with Crippen LogP contribution in [0.1, 0.15) is 25.3 Å². The summed E-state index contributed by atoms with van der Waals surface area (Å²) >= 11 is 0. The Labute approximate surface area is 132 Å². The van der Waals surface area contributed by atoms with E-state index in [1.807, 2.05) is 6.92 Å². The van der Waals surface area contributed by atoms with Gasteiger partial charge in [-0.05, 0) is 25.8 Å². The number of hydrogen-bond acceptors (Lipinski definition) is 3. The summed E-state index contributed by atoms with van der Waals surface area (Å²) in [7, 11) is 0. The lowest BCUT2D eigenvalue weighted by atomic mass is 9.93. The number of likely N-dealkylation sites (tertiary alicyclic amines) is 1. The van der Waals surface area contributed by atoms with E-state index < -0.39 is 18.5 Å². The molecule has 0 bridgehead atoms. The fraction of sp³-hybridized carbons (Fsp3) is 0.500. The Balaban J connectivity index is 2.10. The molecule has 5 nitrogen and oxygen atoms in total. The number of halogens is 2. The molecule has 1 aromatic carbocycles. The first-order valence-corrected chi connectivity index (χ1v) is 7.43. The molecule has 1 aliphatic heterocycles. The molecule has 126 valence electrons. The molecule has 1 N–H and O–H groups in total. The number of aliphatic carboxylic acids is 1. The highest BCUT2D eigenvalue weighted by atomic mass is 19.3. The van der Waals surface area contributed by atoms with E-state index >= 15 is 0 Å². The normalized spacial score (nSPS) is 21.3. The number of benzene rings is 1. The molecule has 2 unspecified atom stereocenters. The molecule has 0 radical (unpaired) electrons. The molecule has 1 heterocycles. The molecule has 0 aromatic heterocycles. The van der Waals surface area contributed by atoms with Gasteiger partial charge in [-0.2, -0.15) is 8.78 Å². The molecule has 2 atom stereocenters. The Morgan fingerprint density at radius 1 is 1.35 bits per heavy atom. The minimum atomic E-state index is -2.96. The predicted molar refractivity (Wildman–Crippen MR) is 78.3 cm³/mol. The van der Waals surface area contributed by atoms with Crippen molar-refractivity contribution in [3.8, 4) is 5.75 Å². The Morgan fingerprint density at radius 3 is 2.70 bits per heavy atom. The van der Waals surface area contributed by atoms with Crippen molar-refractivity contribution in [1.82, 2.24) is 4.90 Å². The molecule has 1 aliphatic rings. The minimum Gasteiger partial charge on any atom is -0.481 e. The predicted octanol–water partition coefficient (Wildman–Crippen LogP) is 2.54. The van der Waals surface area contributed by atoms with Crippen molar-refractivity contribution in [2.24, 2.45) is 5.92 Å².